The van der Waals surface area contributed by atoms with E-state index >= 15 is 0 Å². The van der Waals surface area contributed by atoms with Gasteiger partial charge in [-0.15, -0.1) is 0 Å². The van der Waals surface area contributed by atoms with Gasteiger partial charge in [0.05, 0.1) is 48.2 Å². The van der Waals surface area contributed by atoms with E-state index < -0.39 is 0 Å². The van der Waals surface area contributed by atoms with E-state index in [0.29, 0.717) is 30.6 Å². The van der Waals surface area contributed by atoms with Crippen LogP contribution in [0.5, 0.6) is 0 Å². The number of nitrogens with one attached hydrogen (secondary N) is 2. The standard InChI is InChI=1S/C23H20N8O/c1-2-4-18-15(3-1)9-17(13-24-18)28-21-11-19(16-10-20-22(25-12-16)27-14-26-20)29-23(30-21)31-5-7-32-8-6-31/h1-4,9-14H,5-8H2,(H,25,26,27)(H,28,29,30). The van der Waals surface area contributed by atoms with Gasteiger partial charge in [0.1, 0.15) is 5.82 Å². The van der Waals surface area contributed by atoms with Crippen molar-refractivity contribution < 1.29 is 4.74 Å². The SMILES string of the molecule is c1ccc2ncc(Nc3cc(-c4cnc5nc[nH]c5c4)nc(N4CCOCC4)n3)cc2c1. The van der Waals surface area contributed by atoms with Crippen molar-refractivity contribution in [1.82, 2.24) is 29.9 Å². The molecule has 0 unspecified atom stereocenters. The van der Waals surface area contributed by atoms with Crippen molar-refractivity contribution in [3.8, 4) is 11.3 Å². The number of hydrogen-bond acceptors (Lipinski definition) is 8. The minimum atomic E-state index is 0.659. The van der Waals surface area contributed by atoms with Gasteiger partial charge in [-0.1, -0.05) is 18.2 Å². The van der Waals surface area contributed by atoms with Gasteiger partial charge < -0.3 is 19.9 Å². The first-order valence-electron chi connectivity index (χ1n) is 10.4. The van der Waals surface area contributed by atoms with Gasteiger partial charge in [0.15, 0.2) is 5.65 Å². The minimum absolute atomic E-state index is 0.659. The normalized spacial score (nSPS) is 14.2. The summed E-state index contributed by atoms with van der Waals surface area (Å²) >= 11 is 0. The molecule has 1 fully saturated rings. The van der Waals surface area contributed by atoms with Crippen LogP contribution >= 0.6 is 0 Å². The Morgan fingerprint density at radius 3 is 2.78 bits per heavy atom. The van der Waals surface area contributed by atoms with Crippen LogP contribution in [0.3, 0.4) is 0 Å². The third kappa shape index (κ3) is 3.58. The van der Waals surface area contributed by atoms with Crippen molar-refractivity contribution in [2.45, 2.75) is 0 Å². The number of nitrogens with zero attached hydrogens (tertiary/aromatic N) is 6. The van der Waals surface area contributed by atoms with Crippen molar-refractivity contribution >= 4 is 39.5 Å². The van der Waals surface area contributed by atoms with E-state index in [2.05, 4.69) is 36.2 Å². The number of hydrogen-bond donors (Lipinski definition) is 2. The Morgan fingerprint density at radius 1 is 0.938 bits per heavy atom. The molecule has 2 N–H and O–H groups in total. The molecule has 158 valence electrons. The van der Waals surface area contributed by atoms with Gasteiger partial charge in [-0.3, -0.25) is 4.98 Å². The van der Waals surface area contributed by atoms with E-state index in [-0.39, 0.29) is 0 Å². The summed E-state index contributed by atoms with van der Waals surface area (Å²) in [6.45, 7) is 2.82. The molecule has 1 aliphatic heterocycles. The summed E-state index contributed by atoms with van der Waals surface area (Å²) in [7, 11) is 0. The second-order valence-electron chi connectivity index (χ2n) is 7.58. The number of imidazole rings is 1. The van der Waals surface area contributed by atoms with Crippen LogP contribution in [0, 0.1) is 0 Å². The Balaban J connectivity index is 1.41. The van der Waals surface area contributed by atoms with Crippen LogP contribution in [0.1, 0.15) is 0 Å². The molecule has 0 saturated carbocycles. The Hall–Kier alpha value is -4.11. The maximum Gasteiger partial charge on any atom is 0.228 e. The molecule has 4 aromatic heterocycles. The van der Waals surface area contributed by atoms with Gasteiger partial charge >= 0.3 is 0 Å². The maximum absolute atomic E-state index is 5.50. The van der Waals surface area contributed by atoms with Crippen LogP contribution in [-0.2, 0) is 4.74 Å². The first-order chi connectivity index (χ1) is 15.8. The molecule has 5 aromatic rings. The maximum atomic E-state index is 5.50. The number of fused-ring (bicyclic) bond motifs is 2. The lowest BCUT2D eigenvalue weighted by molar-refractivity contribution is 0.122. The predicted molar refractivity (Wildman–Crippen MR) is 123 cm³/mol. The lowest BCUT2D eigenvalue weighted by Gasteiger charge is -2.27. The van der Waals surface area contributed by atoms with Crippen molar-refractivity contribution in [2.75, 3.05) is 36.5 Å². The number of para-hydroxylation sites is 1. The molecular weight excluding hydrogens is 404 g/mol. The summed E-state index contributed by atoms with van der Waals surface area (Å²) < 4.78 is 5.50. The van der Waals surface area contributed by atoms with Gasteiger partial charge in [0, 0.05) is 36.3 Å². The number of rotatable bonds is 4. The highest BCUT2D eigenvalue weighted by atomic mass is 16.5. The lowest BCUT2D eigenvalue weighted by Crippen LogP contribution is -2.37. The second kappa shape index (κ2) is 7.86. The molecule has 0 aliphatic carbocycles. The van der Waals surface area contributed by atoms with E-state index in [1.807, 2.05) is 42.6 Å². The van der Waals surface area contributed by atoms with Gasteiger partial charge in [-0.05, 0) is 18.2 Å². The summed E-state index contributed by atoms with van der Waals surface area (Å²) in [5, 5.41) is 4.47. The van der Waals surface area contributed by atoms with Crippen LogP contribution in [0.4, 0.5) is 17.5 Å². The molecular formula is C23H20N8O. The van der Waals surface area contributed by atoms with Crippen molar-refractivity contribution in [3.05, 3.63) is 61.2 Å². The molecule has 0 bridgehead atoms. The van der Waals surface area contributed by atoms with Crippen LogP contribution in [0.2, 0.25) is 0 Å². The third-order valence-electron chi connectivity index (χ3n) is 5.44. The molecule has 32 heavy (non-hydrogen) atoms. The zero-order valence-corrected chi connectivity index (χ0v) is 17.2. The molecule has 0 spiro atoms. The van der Waals surface area contributed by atoms with Gasteiger partial charge in [-0.2, -0.15) is 4.98 Å². The largest absolute Gasteiger partial charge is 0.378 e. The number of anilines is 3. The molecule has 5 heterocycles. The number of aromatic nitrogens is 6. The predicted octanol–water partition coefficient (Wildman–Crippen LogP) is 3.54. The van der Waals surface area contributed by atoms with E-state index in [4.69, 9.17) is 14.7 Å². The monoisotopic (exact) mass is 424 g/mol. The molecule has 0 amide bonds. The van der Waals surface area contributed by atoms with Crippen LogP contribution in [0.25, 0.3) is 33.3 Å². The zero-order chi connectivity index (χ0) is 21.3. The smallest absolute Gasteiger partial charge is 0.228 e. The molecule has 9 heteroatoms. The lowest BCUT2D eigenvalue weighted by atomic mass is 10.2. The summed E-state index contributed by atoms with van der Waals surface area (Å²) in [5.74, 6) is 1.35. The van der Waals surface area contributed by atoms with Gasteiger partial charge in [-0.25, -0.2) is 15.0 Å². The number of H-pyrrole nitrogens is 1. The summed E-state index contributed by atoms with van der Waals surface area (Å²) in [6, 6.07) is 14.0. The van der Waals surface area contributed by atoms with E-state index in [1.165, 1.54) is 0 Å². The number of aromatic amines is 1. The van der Waals surface area contributed by atoms with Gasteiger partial charge in [0.2, 0.25) is 5.95 Å². The average Bonchev–Trinajstić information content (AvgIpc) is 3.32. The number of pyridine rings is 2. The van der Waals surface area contributed by atoms with Crippen LogP contribution < -0.4 is 10.2 Å². The fraction of sp³-hybridized carbons (Fsp3) is 0.174. The topological polar surface area (TPSA) is 105 Å². The highest BCUT2D eigenvalue weighted by molar-refractivity contribution is 5.83. The Morgan fingerprint density at radius 2 is 1.84 bits per heavy atom. The van der Waals surface area contributed by atoms with Crippen molar-refractivity contribution in [1.29, 1.82) is 0 Å². The van der Waals surface area contributed by atoms with Crippen molar-refractivity contribution in [2.24, 2.45) is 0 Å². The highest BCUT2D eigenvalue weighted by Gasteiger charge is 2.17. The van der Waals surface area contributed by atoms with E-state index in [0.717, 1.165) is 46.5 Å². The fourth-order valence-electron chi connectivity index (χ4n) is 3.81. The quantitative estimate of drug-likeness (QED) is 0.451. The first kappa shape index (κ1) is 18.6. The summed E-state index contributed by atoms with van der Waals surface area (Å²) in [5.41, 5.74) is 5.02. The Kier molecular flexibility index (Phi) is 4.58. The van der Waals surface area contributed by atoms with E-state index in [1.54, 1.807) is 12.5 Å². The molecule has 0 radical (unpaired) electrons. The zero-order valence-electron chi connectivity index (χ0n) is 17.2. The number of morpholine rings is 1. The molecule has 0 atom stereocenters. The van der Waals surface area contributed by atoms with Crippen LogP contribution in [0.15, 0.2) is 61.2 Å². The summed E-state index contributed by atoms with van der Waals surface area (Å²) in [4.78, 5) is 28.1. The summed E-state index contributed by atoms with van der Waals surface area (Å²) in [6.07, 6.45) is 5.24. The number of benzene rings is 1. The van der Waals surface area contributed by atoms with E-state index in [9.17, 15) is 0 Å². The molecule has 1 aliphatic rings. The second-order valence-corrected chi connectivity index (χ2v) is 7.58. The third-order valence-corrected chi connectivity index (χ3v) is 5.44. The first-order valence-corrected chi connectivity index (χ1v) is 10.4. The molecule has 6 rings (SSSR count). The Bertz CT molecular complexity index is 1410. The van der Waals surface area contributed by atoms with Crippen LogP contribution in [-0.4, -0.2) is 56.2 Å². The highest BCUT2D eigenvalue weighted by Crippen LogP contribution is 2.27. The van der Waals surface area contributed by atoms with Crippen molar-refractivity contribution in [3.63, 3.8) is 0 Å². The number of ether oxygens (including phenoxy) is 1. The van der Waals surface area contributed by atoms with Gasteiger partial charge in [0.25, 0.3) is 0 Å². The molecule has 1 saturated heterocycles. The Labute approximate surface area is 183 Å². The molecule has 1 aromatic carbocycles. The minimum Gasteiger partial charge on any atom is -0.378 e. The fourth-order valence-corrected chi connectivity index (χ4v) is 3.81. The molecule has 9 nitrogen and oxygen atoms in total. The average molecular weight is 424 g/mol.